The first-order valence-corrected chi connectivity index (χ1v) is 7.16. The number of ether oxygens (including phenoxy) is 2. The van der Waals surface area contributed by atoms with Crippen LogP contribution in [-0.2, 0) is 14.3 Å². The number of piperidine rings is 1. The molecule has 0 saturated carbocycles. The number of rotatable bonds is 4. The molecule has 1 saturated heterocycles. The van der Waals surface area contributed by atoms with Crippen LogP contribution in [0, 0.1) is 11.3 Å². The third-order valence-electron chi connectivity index (χ3n) is 3.66. The summed E-state index contributed by atoms with van der Waals surface area (Å²) in [5, 5.41) is 8.99. The van der Waals surface area contributed by atoms with E-state index in [-0.39, 0.29) is 12.5 Å². The number of esters is 1. The molecule has 1 aliphatic heterocycles. The summed E-state index contributed by atoms with van der Waals surface area (Å²) in [6.45, 7) is 0.314. The standard InChI is InChI=1S/C16H18N2O4/c1-21-16(20)13-7-4-5-9-18(13)15(19)11-22-14-8-3-2-6-12(14)10-17/h2-3,6,8,13H,4-5,7,9,11H2,1H3. The first-order chi connectivity index (χ1) is 10.7. The lowest BCUT2D eigenvalue weighted by atomic mass is 10.0. The maximum absolute atomic E-state index is 12.3. The molecule has 116 valence electrons. The number of hydrogen-bond acceptors (Lipinski definition) is 5. The number of nitrogens with zero attached hydrogens (tertiary/aromatic N) is 2. The minimum atomic E-state index is -0.541. The summed E-state index contributed by atoms with van der Waals surface area (Å²) in [5.74, 6) is -0.307. The number of amides is 1. The van der Waals surface area contributed by atoms with Crippen LogP contribution in [0.25, 0.3) is 0 Å². The molecule has 0 aliphatic carbocycles. The highest BCUT2D eigenvalue weighted by Crippen LogP contribution is 2.20. The summed E-state index contributed by atoms with van der Waals surface area (Å²) < 4.78 is 10.2. The number of nitriles is 1. The molecule has 0 spiro atoms. The third kappa shape index (κ3) is 3.55. The largest absolute Gasteiger partial charge is 0.482 e. The second-order valence-corrected chi connectivity index (χ2v) is 5.02. The van der Waals surface area contributed by atoms with Crippen molar-refractivity contribution in [3.63, 3.8) is 0 Å². The smallest absolute Gasteiger partial charge is 0.328 e. The number of hydrogen-bond donors (Lipinski definition) is 0. The van der Waals surface area contributed by atoms with Crippen LogP contribution in [0.15, 0.2) is 24.3 Å². The summed E-state index contributed by atoms with van der Waals surface area (Å²) in [4.78, 5) is 25.6. The Morgan fingerprint density at radius 3 is 2.86 bits per heavy atom. The number of methoxy groups -OCH3 is 1. The Kier molecular flexibility index (Phi) is 5.37. The van der Waals surface area contributed by atoms with Gasteiger partial charge in [-0.15, -0.1) is 0 Å². The van der Waals surface area contributed by atoms with Crippen molar-refractivity contribution in [1.82, 2.24) is 4.90 Å². The van der Waals surface area contributed by atoms with Gasteiger partial charge in [-0.05, 0) is 31.4 Å². The Morgan fingerprint density at radius 1 is 1.36 bits per heavy atom. The van der Waals surface area contributed by atoms with Gasteiger partial charge in [0.1, 0.15) is 17.9 Å². The first kappa shape index (κ1) is 15.8. The predicted molar refractivity (Wildman–Crippen MR) is 78.0 cm³/mol. The monoisotopic (exact) mass is 302 g/mol. The number of carbonyl (C=O) groups excluding carboxylic acids is 2. The van der Waals surface area contributed by atoms with Gasteiger partial charge < -0.3 is 14.4 Å². The van der Waals surface area contributed by atoms with Crippen LogP contribution in [0.2, 0.25) is 0 Å². The maximum Gasteiger partial charge on any atom is 0.328 e. The van der Waals surface area contributed by atoms with Crippen molar-refractivity contribution in [1.29, 1.82) is 5.26 Å². The van der Waals surface area contributed by atoms with Gasteiger partial charge in [0.25, 0.3) is 5.91 Å². The molecule has 1 heterocycles. The minimum Gasteiger partial charge on any atom is -0.482 e. The van der Waals surface area contributed by atoms with E-state index in [9.17, 15) is 9.59 Å². The fourth-order valence-corrected chi connectivity index (χ4v) is 2.52. The summed E-state index contributed by atoms with van der Waals surface area (Å²) in [6.07, 6.45) is 2.35. The van der Waals surface area contributed by atoms with Crippen molar-refractivity contribution in [2.24, 2.45) is 0 Å². The molecule has 6 heteroatoms. The zero-order chi connectivity index (χ0) is 15.9. The van der Waals surface area contributed by atoms with Gasteiger partial charge in [-0.2, -0.15) is 5.26 Å². The minimum absolute atomic E-state index is 0.202. The van der Waals surface area contributed by atoms with E-state index in [1.165, 1.54) is 12.0 Å². The zero-order valence-electron chi connectivity index (χ0n) is 12.4. The van der Waals surface area contributed by atoms with Gasteiger partial charge in [0.2, 0.25) is 0 Å². The molecule has 0 bridgehead atoms. The molecule has 6 nitrogen and oxygen atoms in total. The lowest BCUT2D eigenvalue weighted by Gasteiger charge is -2.33. The highest BCUT2D eigenvalue weighted by molar-refractivity contribution is 5.85. The number of benzene rings is 1. The summed E-state index contributed by atoms with van der Waals surface area (Å²) >= 11 is 0. The van der Waals surface area contributed by atoms with E-state index in [2.05, 4.69) is 0 Å². The molecule has 1 atom stereocenters. The highest BCUT2D eigenvalue weighted by Gasteiger charge is 2.32. The molecule has 1 aromatic carbocycles. The lowest BCUT2D eigenvalue weighted by molar-refractivity contribution is -0.155. The topological polar surface area (TPSA) is 79.6 Å². The van der Waals surface area contributed by atoms with Gasteiger partial charge in [0.15, 0.2) is 6.61 Å². The molecule has 0 N–H and O–H groups in total. The van der Waals surface area contributed by atoms with Crippen molar-refractivity contribution in [2.75, 3.05) is 20.3 Å². The average molecular weight is 302 g/mol. The third-order valence-corrected chi connectivity index (χ3v) is 3.66. The van der Waals surface area contributed by atoms with E-state index >= 15 is 0 Å². The van der Waals surface area contributed by atoms with Crippen molar-refractivity contribution in [3.05, 3.63) is 29.8 Å². The van der Waals surface area contributed by atoms with E-state index in [1.54, 1.807) is 24.3 Å². The number of para-hydroxylation sites is 1. The van der Waals surface area contributed by atoms with Crippen molar-refractivity contribution < 1.29 is 19.1 Å². The quantitative estimate of drug-likeness (QED) is 0.787. The Labute approximate surface area is 129 Å². The van der Waals surface area contributed by atoms with Gasteiger partial charge in [-0.3, -0.25) is 4.79 Å². The van der Waals surface area contributed by atoms with Crippen LogP contribution in [0.3, 0.4) is 0 Å². The van der Waals surface area contributed by atoms with Crippen molar-refractivity contribution in [3.8, 4) is 11.8 Å². The molecule has 1 aliphatic rings. The van der Waals surface area contributed by atoms with Gasteiger partial charge in [-0.1, -0.05) is 12.1 Å². The van der Waals surface area contributed by atoms with Crippen LogP contribution in [0.4, 0.5) is 0 Å². The second-order valence-electron chi connectivity index (χ2n) is 5.02. The average Bonchev–Trinajstić information content (AvgIpc) is 2.59. The number of carbonyl (C=O) groups is 2. The fourth-order valence-electron chi connectivity index (χ4n) is 2.52. The Balaban J connectivity index is 2.01. The van der Waals surface area contributed by atoms with E-state index < -0.39 is 12.0 Å². The molecule has 0 aromatic heterocycles. The highest BCUT2D eigenvalue weighted by atomic mass is 16.5. The molecular weight excluding hydrogens is 284 g/mol. The van der Waals surface area contributed by atoms with E-state index in [0.29, 0.717) is 24.3 Å². The molecule has 1 unspecified atom stereocenters. The van der Waals surface area contributed by atoms with Crippen LogP contribution in [0.5, 0.6) is 5.75 Å². The van der Waals surface area contributed by atoms with E-state index in [4.69, 9.17) is 14.7 Å². The normalized spacial score (nSPS) is 17.5. The number of likely N-dealkylation sites (tertiary alicyclic amines) is 1. The van der Waals surface area contributed by atoms with E-state index in [0.717, 1.165) is 12.8 Å². The predicted octanol–water partition coefficient (Wildman–Crippen LogP) is 1.49. The van der Waals surface area contributed by atoms with Crippen LogP contribution < -0.4 is 4.74 Å². The van der Waals surface area contributed by atoms with Crippen molar-refractivity contribution in [2.45, 2.75) is 25.3 Å². The van der Waals surface area contributed by atoms with Crippen LogP contribution in [-0.4, -0.2) is 43.1 Å². The summed E-state index contributed by atoms with van der Waals surface area (Å²) in [7, 11) is 1.32. The van der Waals surface area contributed by atoms with Gasteiger partial charge in [-0.25, -0.2) is 4.79 Å². The Hall–Kier alpha value is -2.55. The second kappa shape index (κ2) is 7.46. The Morgan fingerprint density at radius 2 is 2.14 bits per heavy atom. The SMILES string of the molecule is COC(=O)C1CCCCN1C(=O)COc1ccccc1C#N. The summed E-state index contributed by atoms with van der Waals surface area (Å²) in [6, 6.07) is 8.19. The zero-order valence-corrected chi connectivity index (χ0v) is 12.4. The van der Waals surface area contributed by atoms with Gasteiger partial charge in [0, 0.05) is 6.54 Å². The molecule has 1 aromatic rings. The fraction of sp³-hybridized carbons (Fsp3) is 0.438. The molecule has 22 heavy (non-hydrogen) atoms. The first-order valence-electron chi connectivity index (χ1n) is 7.16. The van der Waals surface area contributed by atoms with E-state index in [1.807, 2.05) is 6.07 Å². The molecular formula is C16H18N2O4. The van der Waals surface area contributed by atoms with Crippen LogP contribution in [0.1, 0.15) is 24.8 Å². The van der Waals surface area contributed by atoms with Gasteiger partial charge >= 0.3 is 5.97 Å². The molecule has 2 rings (SSSR count). The molecule has 0 radical (unpaired) electrons. The maximum atomic E-state index is 12.3. The Bertz CT molecular complexity index is 594. The lowest BCUT2D eigenvalue weighted by Crippen LogP contribution is -2.50. The van der Waals surface area contributed by atoms with Gasteiger partial charge in [0.05, 0.1) is 12.7 Å². The summed E-state index contributed by atoms with van der Waals surface area (Å²) in [5.41, 5.74) is 0.374. The van der Waals surface area contributed by atoms with Crippen LogP contribution >= 0.6 is 0 Å². The molecule has 1 amide bonds. The molecule has 1 fully saturated rings. The van der Waals surface area contributed by atoms with Crippen molar-refractivity contribution >= 4 is 11.9 Å².